The Morgan fingerprint density at radius 2 is 1.74 bits per heavy atom. The van der Waals surface area contributed by atoms with Crippen LogP contribution in [0.5, 0.6) is 5.75 Å². The number of carbonyl (C=O) groups excluding carboxylic acids is 2. The standard InChI is InChI=1S/C29H24FNO4/c1-3-34-29(33)24-17(2)31-27-22-9-4-5-10-23(22)28(32)26(27)25(24)19-11-13-21(14-12-19)35-16-18-7-6-8-20(30)15-18/h4-15,25,31H,3,16H2,1-2H3/t25-/m0/s1. The van der Waals surface area contributed by atoms with Crippen LogP contribution in [0, 0.1) is 5.82 Å². The summed E-state index contributed by atoms with van der Waals surface area (Å²) < 4.78 is 24.6. The smallest absolute Gasteiger partial charge is 0.336 e. The minimum atomic E-state index is -0.581. The van der Waals surface area contributed by atoms with Crippen LogP contribution in [0.3, 0.4) is 0 Å². The van der Waals surface area contributed by atoms with Crippen LogP contribution in [0.15, 0.2) is 89.6 Å². The molecule has 0 fully saturated rings. The molecule has 1 aliphatic heterocycles. The number of carbonyl (C=O) groups is 2. The van der Waals surface area contributed by atoms with Gasteiger partial charge < -0.3 is 14.8 Å². The molecule has 0 radical (unpaired) electrons. The van der Waals surface area contributed by atoms with Gasteiger partial charge in [0.15, 0.2) is 5.78 Å². The molecule has 0 unspecified atom stereocenters. The van der Waals surface area contributed by atoms with Crippen molar-refractivity contribution in [1.82, 2.24) is 5.32 Å². The highest BCUT2D eigenvalue weighted by Crippen LogP contribution is 2.46. The van der Waals surface area contributed by atoms with Gasteiger partial charge in [-0.1, -0.05) is 48.5 Å². The predicted octanol–water partition coefficient (Wildman–Crippen LogP) is 5.54. The summed E-state index contributed by atoms with van der Waals surface area (Å²) in [6.45, 7) is 4.03. The molecule has 1 N–H and O–H groups in total. The minimum absolute atomic E-state index is 0.103. The van der Waals surface area contributed by atoms with Crippen LogP contribution in [0.2, 0.25) is 0 Å². The van der Waals surface area contributed by atoms with Crippen LogP contribution < -0.4 is 10.1 Å². The highest BCUT2D eigenvalue weighted by Gasteiger charge is 2.42. The largest absolute Gasteiger partial charge is 0.489 e. The van der Waals surface area contributed by atoms with Gasteiger partial charge in [-0.3, -0.25) is 4.79 Å². The lowest BCUT2D eigenvalue weighted by molar-refractivity contribution is -0.138. The Kier molecular flexibility index (Phi) is 5.95. The zero-order valence-corrected chi connectivity index (χ0v) is 19.4. The molecule has 5 rings (SSSR count). The maximum Gasteiger partial charge on any atom is 0.336 e. The highest BCUT2D eigenvalue weighted by molar-refractivity contribution is 6.23. The average Bonchev–Trinajstić information content (AvgIpc) is 3.14. The van der Waals surface area contributed by atoms with Crippen LogP contribution in [0.1, 0.15) is 46.8 Å². The van der Waals surface area contributed by atoms with Gasteiger partial charge in [-0.2, -0.15) is 0 Å². The number of nitrogens with one attached hydrogen (secondary N) is 1. The van der Waals surface area contributed by atoms with Gasteiger partial charge >= 0.3 is 5.97 Å². The van der Waals surface area contributed by atoms with Gasteiger partial charge in [0.2, 0.25) is 0 Å². The van der Waals surface area contributed by atoms with Crippen molar-refractivity contribution in [3.63, 3.8) is 0 Å². The van der Waals surface area contributed by atoms with Crippen LogP contribution in [-0.4, -0.2) is 18.4 Å². The molecule has 5 nitrogen and oxygen atoms in total. The molecule has 0 spiro atoms. The molecule has 0 aromatic heterocycles. The summed E-state index contributed by atoms with van der Waals surface area (Å²) in [7, 11) is 0. The zero-order valence-electron chi connectivity index (χ0n) is 19.4. The number of hydrogen-bond donors (Lipinski definition) is 1. The van der Waals surface area contributed by atoms with Crippen LogP contribution in [-0.2, 0) is 16.1 Å². The number of rotatable bonds is 6. The number of allylic oxidation sites excluding steroid dienone is 2. The molecule has 6 heteroatoms. The van der Waals surface area contributed by atoms with Gasteiger partial charge in [-0.05, 0) is 49.2 Å². The van der Waals surface area contributed by atoms with Crippen LogP contribution in [0.25, 0.3) is 5.70 Å². The number of ketones is 1. The first-order valence-corrected chi connectivity index (χ1v) is 11.5. The van der Waals surface area contributed by atoms with Crippen molar-refractivity contribution in [1.29, 1.82) is 0 Å². The Bertz CT molecular complexity index is 1390. The van der Waals surface area contributed by atoms with Crippen LogP contribution in [0.4, 0.5) is 4.39 Å². The Morgan fingerprint density at radius 1 is 1.00 bits per heavy atom. The molecule has 2 aliphatic rings. The Labute approximate surface area is 202 Å². The van der Waals surface area contributed by atoms with Crippen molar-refractivity contribution in [2.24, 2.45) is 0 Å². The van der Waals surface area contributed by atoms with Crippen molar-refractivity contribution in [2.45, 2.75) is 26.4 Å². The van der Waals surface area contributed by atoms with E-state index in [1.165, 1.54) is 12.1 Å². The summed E-state index contributed by atoms with van der Waals surface area (Å²) in [5, 5.41) is 3.29. The summed E-state index contributed by atoms with van der Waals surface area (Å²) in [4.78, 5) is 26.5. The van der Waals surface area contributed by atoms with E-state index in [4.69, 9.17) is 9.47 Å². The first-order valence-electron chi connectivity index (χ1n) is 11.5. The zero-order chi connectivity index (χ0) is 24.5. The van der Waals surface area contributed by atoms with E-state index in [2.05, 4.69) is 5.32 Å². The maximum absolute atomic E-state index is 13.5. The third-order valence-electron chi connectivity index (χ3n) is 6.25. The van der Waals surface area contributed by atoms with Gasteiger partial charge in [-0.25, -0.2) is 9.18 Å². The van der Waals surface area contributed by atoms with E-state index in [0.717, 1.165) is 22.4 Å². The topological polar surface area (TPSA) is 64.6 Å². The summed E-state index contributed by atoms with van der Waals surface area (Å²) in [6.07, 6.45) is 0. The van der Waals surface area contributed by atoms with E-state index in [1.807, 2.05) is 37.3 Å². The quantitative estimate of drug-likeness (QED) is 0.481. The molecule has 3 aromatic carbocycles. The number of ether oxygens (including phenoxy) is 2. The number of halogens is 1. The molecule has 0 bridgehead atoms. The summed E-state index contributed by atoms with van der Waals surface area (Å²) in [6, 6.07) is 21.0. The number of hydrogen-bond acceptors (Lipinski definition) is 5. The van der Waals surface area contributed by atoms with Crippen molar-refractivity contribution < 1.29 is 23.5 Å². The van der Waals surface area contributed by atoms with Crippen molar-refractivity contribution in [3.05, 3.63) is 118 Å². The van der Waals surface area contributed by atoms with E-state index in [-0.39, 0.29) is 24.8 Å². The van der Waals surface area contributed by atoms with Gasteiger partial charge in [0, 0.05) is 28.3 Å². The maximum atomic E-state index is 13.5. The van der Waals surface area contributed by atoms with E-state index in [9.17, 15) is 14.0 Å². The molecular weight excluding hydrogens is 445 g/mol. The minimum Gasteiger partial charge on any atom is -0.489 e. The number of benzene rings is 3. The molecule has 0 saturated heterocycles. The lowest BCUT2D eigenvalue weighted by Gasteiger charge is -2.29. The lowest BCUT2D eigenvalue weighted by Crippen LogP contribution is -2.29. The molecule has 1 atom stereocenters. The SMILES string of the molecule is CCOC(=O)C1=C(C)NC2=C(C(=O)c3ccccc32)[C@H]1c1ccc(OCc2cccc(F)c2)cc1. The molecule has 176 valence electrons. The van der Waals surface area contributed by atoms with E-state index in [0.29, 0.717) is 28.2 Å². The van der Waals surface area contributed by atoms with Crippen molar-refractivity contribution in [2.75, 3.05) is 6.61 Å². The van der Waals surface area contributed by atoms with Crippen molar-refractivity contribution in [3.8, 4) is 5.75 Å². The van der Waals surface area contributed by atoms with Crippen LogP contribution >= 0.6 is 0 Å². The molecule has 35 heavy (non-hydrogen) atoms. The third-order valence-corrected chi connectivity index (χ3v) is 6.25. The van der Waals surface area contributed by atoms with E-state index in [1.54, 1.807) is 37.3 Å². The predicted molar refractivity (Wildman–Crippen MR) is 130 cm³/mol. The number of fused-ring (bicyclic) bond motifs is 2. The van der Waals surface area contributed by atoms with Gasteiger partial charge in [0.05, 0.1) is 17.9 Å². The average molecular weight is 470 g/mol. The second-order valence-electron chi connectivity index (χ2n) is 8.47. The number of esters is 1. The second-order valence-corrected chi connectivity index (χ2v) is 8.47. The van der Waals surface area contributed by atoms with Gasteiger partial charge in [-0.15, -0.1) is 0 Å². The normalized spacial score (nSPS) is 16.5. The molecule has 1 aliphatic carbocycles. The first kappa shape index (κ1) is 22.6. The lowest BCUT2D eigenvalue weighted by atomic mass is 9.80. The summed E-state index contributed by atoms with van der Waals surface area (Å²) >= 11 is 0. The van der Waals surface area contributed by atoms with E-state index < -0.39 is 11.9 Å². The van der Waals surface area contributed by atoms with Gasteiger partial charge in [0.25, 0.3) is 0 Å². The highest BCUT2D eigenvalue weighted by atomic mass is 19.1. The molecule has 3 aromatic rings. The Hall–Kier alpha value is -4.19. The third kappa shape index (κ3) is 4.12. The number of Topliss-reactive ketones (excluding diaryl/α,β-unsaturated/α-hetero) is 1. The Morgan fingerprint density at radius 3 is 2.46 bits per heavy atom. The second kappa shape index (κ2) is 9.22. The molecule has 0 amide bonds. The van der Waals surface area contributed by atoms with E-state index >= 15 is 0 Å². The summed E-state index contributed by atoms with van der Waals surface area (Å²) in [5.74, 6) is -0.853. The fraction of sp³-hybridized carbons (Fsp3) is 0.172. The first-order chi connectivity index (χ1) is 17.0. The molecule has 1 heterocycles. The summed E-state index contributed by atoms with van der Waals surface area (Å²) in [5.41, 5.74) is 5.28. The monoisotopic (exact) mass is 469 g/mol. The fourth-order valence-corrected chi connectivity index (χ4v) is 4.69. The van der Waals surface area contributed by atoms with Gasteiger partial charge in [0.1, 0.15) is 18.2 Å². The van der Waals surface area contributed by atoms with Crippen molar-refractivity contribution >= 4 is 17.4 Å². The molecule has 0 saturated carbocycles. The fourth-order valence-electron chi connectivity index (χ4n) is 4.69. The Balaban J connectivity index is 1.50. The number of dihydropyridines is 1. The molecular formula is C29H24FNO4.